The van der Waals surface area contributed by atoms with Gasteiger partial charge in [0, 0.05) is 18.1 Å². The number of carbonyl (C=O) groups excluding carboxylic acids is 2. The first-order valence-corrected chi connectivity index (χ1v) is 7.93. The Kier molecular flexibility index (Phi) is 4.43. The number of nitrogens with one attached hydrogen (secondary N) is 1. The molecule has 122 valence electrons. The normalized spacial score (nSPS) is 16.8. The van der Waals surface area contributed by atoms with E-state index in [0.29, 0.717) is 18.5 Å². The largest absolute Gasteiger partial charge is 0.343 e. The van der Waals surface area contributed by atoms with Crippen LogP contribution in [0.3, 0.4) is 0 Å². The van der Waals surface area contributed by atoms with Crippen LogP contribution in [-0.4, -0.2) is 40.8 Å². The molecule has 0 radical (unpaired) electrons. The van der Waals surface area contributed by atoms with Gasteiger partial charge in [0.2, 0.25) is 5.91 Å². The number of carbonyl (C=O) groups is 2. The minimum atomic E-state index is -0.376. The highest BCUT2D eigenvalue weighted by atomic mass is 16.2. The number of hydrogen-bond acceptors (Lipinski definition) is 4. The molecule has 6 heteroatoms. The molecule has 6 nitrogen and oxygen atoms in total. The summed E-state index contributed by atoms with van der Waals surface area (Å²) in [5.41, 5.74) is 2.31. The Morgan fingerprint density at radius 3 is 3.04 bits per heavy atom. The maximum Gasteiger partial charge on any atom is 0.252 e. The highest BCUT2D eigenvalue weighted by Crippen LogP contribution is 2.18. The fourth-order valence-corrected chi connectivity index (χ4v) is 3.01. The molecule has 0 spiro atoms. The summed E-state index contributed by atoms with van der Waals surface area (Å²) in [6.07, 6.45) is 3.11. The zero-order valence-corrected chi connectivity index (χ0v) is 13.5. The number of benzene rings is 1. The highest BCUT2D eigenvalue weighted by Gasteiger charge is 2.28. The monoisotopic (exact) mass is 322 g/mol. The first-order valence-electron chi connectivity index (χ1n) is 7.93. The Bertz CT molecular complexity index is 841. The van der Waals surface area contributed by atoms with Crippen molar-refractivity contribution in [1.82, 2.24) is 15.2 Å². The van der Waals surface area contributed by atoms with Crippen LogP contribution in [0.1, 0.15) is 28.8 Å². The van der Waals surface area contributed by atoms with Crippen LogP contribution in [0, 0.1) is 18.3 Å². The van der Waals surface area contributed by atoms with Crippen molar-refractivity contribution >= 4 is 22.7 Å². The highest BCUT2D eigenvalue weighted by molar-refractivity contribution is 6.06. The molecule has 1 saturated heterocycles. The number of fused-ring (bicyclic) bond motifs is 1. The summed E-state index contributed by atoms with van der Waals surface area (Å²) in [4.78, 5) is 30.5. The summed E-state index contributed by atoms with van der Waals surface area (Å²) in [5, 5.41) is 12.5. The van der Waals surface area contributed by atoms with Gasteiger partial charge in [0.25, 0.3) is 5.91 Å². The predicted octanol–water partition coefficient (Wildman–Crippen LogP) is 1.79. The molecular formula is C18H18N4O2. The molecule has 0 bridgehead atoms. The molecular weight excluding hydrogens is 304 g/mol. The van der Waals surface area contributed by atoms with Crippen molar-refractivity contribution in [2.24, 2.45) is 0 Å². The molecule has 3 rings (SSSR count). The molecule has 24 heavy (non-hydrogen) atoms. The standard InChI is InChI=1S/C18H18N4O2/c1-12-4-5-14-15(6-7-20-16(14)9-12)18(24)21-11-17(23)22-8-2-3-13(22)10-19/h4-7,9,13H,2-3,8,11H2,1H3,(H,21,24). The Labute approximate surface area is 140 Å². The van der Waals surface area contributed by atoms with E-state index in [9.17, 15) is 9.59 Å². The van der Waals surface area contributed by atoms with Gasteiger partial charge in [-0.05, 0) is 37.5 Å². The van der Waals surface area contributed by atoms with E-state index in [2.05, 4.69) is 16.4 Å². The zero-order chi connectivity index (χ0) is 17.1. The average Bonchev–Trinajstić information content (AvgIpc) is 3.07. The Morgan fingerprint density at radius 1 is 1.42 bits per heavy atom. The summed E-state index contributed by atoms with van der Waals surface area (Å²) < 4.78 is 0. The number of amides is 2. The van der Waals surface area contributed by atoms with Crippen LogP contribution < -0.4 is 5.32 Å². The third-order valence-corrected chi connectivity index (χ3v) is 4.27. The van der Waals surface area contributed by atoms with E-state index >= 15 is 0 Å². The van der Waals surface area contributed by atoms with Gasteiger partial charge in [-0.15, -0.1) is 0 Å². The minimum absolute atomic E-state index is 0.104. The molecule has 1 N–H and O–H groups in total. The summed E-state index contributed by atoms with van der Waals surface area (Å²) >= 11 is 0. The third-order valence-electron chi connectivity index (χ3n) is 4.27. The lowest BCUT2D eigenvalue weighted by molar-refractivity contribution is -0.130. The number of nitriles is 1. The van der Waals surface area contributed by atoms with Crippen LogP contribution in [0.4, 0.5) is 0 Å². The molecule has 1 fully saturated rings. The summed E-state index contributed by atoms with van der Waals surface area (Å²) in [6.45, 7) is 2.44. The van der Waals surface area contributed by atoms with Gasteiger partial charge >= 0.3 is 0 Å². The molecule has 1 aliphatic rings. The Morgan fingerprint density at radius 2 is 2.25 bits per heavy atom. The smallest absolute Gasteiger partial charge is 0.252 e. The van der Waals surface area contributed by atoms with Crippen molar-refractivity contribution in [3.8, 4) is 6.07 Å². The lowest BCUT2D eigenvalue weighted by atomic mass is 10.1. The molecule has 1 aromatic heterocycles. The molecule has 1 aromatic carbocycles. The second-order valence-electron chi connectivity index (χ2n) is 5.94. The zero-order valence-electron chi connectivity index (χ0n) is 13.5. The SMILES string of the molecule is Cc1ccc2c(C(=O)NCC(=O)N3CCCC3C#N)ccnc2c1. The van der Waals surface area contributed by atoms with Gasteiger partial charge in [0.15, 0.2) is 0 Å². The number of likely N-dealkylation sites (tertiary alicyclic amines) is 1. The van der Waals surface area contributed by atoms with Crippen molar-refractivity contribution in [3.05, 3.63) is 41.6 Å². The quantitative estimate of drug-likeness (QED) is 0.933. The number of aromatic nitrogens is 1. The van der Waals surface area contributed by atoms with Crippen LogP contribution in [0.2, 0.25) is 0 Å². The van der Waals surface area contributed by atoms with E-state index in [4.69, 9.17) is 5.26 Å². The maximum atomic E-state index is 12.4. The summed E-state index contributed by atoms with van der Waals surface area (Å²) in [5.74, 6) is -0.533. The fraction of sp³-hybridized carbons (Fsp3) is 0.333. The first kappa shape index (κ1) is 15.9. The van der Waals surface area contributed by atoms with Crippen molar-refractivity contribution in [1.29, 1.82) is 5.26 Å². The third kappa shape index (κ3) is 3.06. The molecule has 0 aliphatic carbocycles. The lowest BCUT2D eigenvalue weighted by Gasteiger charge is -2.19. The summed E-state index contributed by atoms with van der Waals surface area (Å²) in [7, 11) is 0. The number of hydrogen-bond donors (Lipinski definition) is 1. The van der Waals surface area contributed by atoms with Crippen LogP contribution in [0.5, 0.6) is 0 Å². The van der Waals surface area contributed by atoms with Gasteiger partial charge in [-0.2, -0.15) is 5.26 Å². The van der Waals surface area contributed by atoms with Crippen LogP contribution >= 0.6 is 0 Å². The molecule has 1 aliphatic heterocycles. The van der Waals surface area contributed by atoms with Crippen LogP contribution in [0.25, 0.3) is 10.9 Å². The van der Waals surface area contributed by atoms with E-state index in [1.807, 2.05) is 25.1 Å². The van der Waals surface area contributed by atoms with Crippen molar-refractivity contribution in [3.63, 3.8) is 0 Å². The topological polar surface area (TPSA) is 86.1 Å². The van der Waals surface area contributed by atoms with Crippen LogP contribution in [0.15, 0.2) is 30.5 Å². The van der Waals surface area contributed by atoms with E-state index in [-0.39, 0.29) is 24.4 Å². The van der Waals surface area contributed by atoms with E-state index in [1.54, 1.807) is 12.3 Å². The minimum Gasteiger partial charge on any atom is -0.343 e. The van der Waals surface area contributed by atoms with Crippen LogP contribution in [-0.2, 0) is 4.79 Å². The predicted molar refractivity (Wildman–Crippen MR) is 89.2 cm³/mol. The maximum absolute atomic E-state index is 12.4. The molecule has 0 saturated carbocycles. The molecule has 1 atom stereocenters. The van der Waals surface area contributed by atoms with E-state index in [1.165, 1.54) is 4.90 Å². The lowest BCUT2D eigenvalue weighted by Crippen LogP contribution is -2.42. The second-order valence-corrected chi connectivity index (χ2v) is 5.94. The number of pyridine rings is 1. The van der Waals surface area contributed by atoms with Gasteiger partial charge in [0.05, 0.1) is 23.7 Å². The van der Waals surface area contributed by atoms with E-state index < -0.39 is 0 Å². The van der Waals surface area contributed by atoms with Gasteiger partial charge in [-0.1, -0.05) is 12.1 Å². The van der Waals surface area contributed by atoms with Gasteiger partial charge in [-0.3, -0.25) is 14.6 Å². The summed E-state index contributed by atoms with van der Waals surface area (Å²) in [6, 6.07) is 9.10. The second kappa shape index (κ2) is 6.67. The number of aryl methyl sites for hydroxylation is 1. The Balaban J connectivity index is 1.72. The number of rotatable bonds is 3. The molecule has 2 aromatic rings. The van der Waals surface area contributed by atoms with Crippen molar-refractivity contribution in [2.45, 2.75) is 25.8 Å². The van der Waals surface area contributed by atoms with Crippen molar-refractivity contribution in [2.75, 3.05) is 13.1 Å². The first-order chi connectivity index (χ1) is 11.6. The van der Waals surface area contributed by atoms with Crippen molar-refractivity contribution < 1.29 is 9.59 Å². The average molecular weight is 322 g/mol. The molecule has 2 heterocycles. The fourth-order valence-electron chi connectivity index (χ4n) is 3.01. The Hall–Kier alpha value is -2.94. The van der Waals surface area contributed by atoms with E-state index in [0.717, 1.165) is 22.9 Å². The number of nitrogens with zero attached hydrogens (tertiary/aromatic N) is 3. The van der Waals surface area contributed by atoms with Gasteiger partial charge < -0.3 is 10.2 Å². The van der Waals surface area contributed by atoms with Gasteiger partial charge in [0.1, 0.15) is 6.04 Å². The molecule has 1 unspecified atom stereocenters. The van der Waals surface area contributed by atoms with Gasteiger partial charge in [-0.25, -0.2) is 0 Å². The molecule has 2 amide bonds.